The van der Waals surface area contributed by atoms with Crippen LogP contribution in [0.25, 0.3) is 22.2 Å². The van der Waals surface area contributed by atoms with E-state index >= 15 is 0 Å². The molecule has 3 rings (SSSR count). The molecule has 0 saturated heterocycles. The lowest BCUT2D eigenvalue weighted by atomic mass is 10.0. The van der Waals surface area contributed by atoms with Gasteiger partial charge in [0.15, 0.2) is 0 Å². The Labute approximate surface area is 130 Å². The fraction of sp³-hybridized carbons (Fsp3) is 0.0588. The Kier molecular flexibility index (Phi) is 3.81. The highest BCUT2D eigenvalue weighted by Gasteiger charge is 2.15. The molecular formula is C17H12FNO2S. The maximum absolute atomic E-state index is 14.0. The number of rotatable bonds is 3. The summed E-state index contributed by atoms with van der Waals surface area (Å²) < 4.78 is 14.0. The normalized spacial score (nSPS) is 10.8. The monoisotopic (exact) mass is 313 g/mol. The molecule has 0 aliphatic carbocycles. The van der Waals surface area contributed by atoms with E-state index in [1.54, 1.807) is 36.0 Å². The molecule has 1 aromatic heterocycles. The molecule has 22 heavy (non-hydrogen) atoms. The summed E-state index contributed by atoms with van der Waals surface area (Å²) in [7, 11) is 0. The van der Waals surface area contributed by atoms with Crippen molar-refractivity contribution in [2.75, 3.05) is 6.26 Å². The van der Waals surface area contributed by atoms with Crippen LogP contribution < -0.4 is 0 Å². The highest BCUT2D eigenvalue weighted by atomic mass is 32.2. The number of halogens is 1. The molecule has 0 bridgehead atoms. The van der Waals surface area contributed by atoms with Crippen LogP contribution in [0.3, 0.4) is 0 Å². The summed E-state index contributed by atoms with van der Waals surface area (Å²) in [4.78, 5) is 16.9. The first-order chi connectivity index (χ1) is 10.6. The summed E-state index contributed by atoms with van der Waals surface area (Å²) in [6.45, 7) is 0. The van der Waals surface area contributed by atoms with Crippen molar-refractivity contribution in [3.05, 3.63) is 59.9 Å². The Morgan fingerprint density at radius 1 is 1.18 bits per heavy atom. The van der Waals surface area contributed by atoms with Crippen LogP contribution in [0.15, 0.2) is 53.4 Å². The van der Waals surface area contributed by atoms with E-state index in [9.17, 15) is 14.3 Å². The van der Waals surface area contributed by atoms with Gasteiger partial charge in [0.05, 0.1) is 16.8 Å². The lowest BCUT2D eigenvalue weighted by molar-refractivity contribution is 0.0699. The molecule has 2 aromatic carbocycles. The highest BCUT2D eigenvalue weighted by molar-refractivity contribution is 7.98. The zero-order valence-electron chi connectivity index (χ0n) is 11.7. The Morgan fingerprint density at radius 3 is 2.64 bits per heavy atom. The summed E-state index contributed by atoms with van der Waals surface area (Å²) >= 11 is 1.54. The second-order valence-electron chi connectivity index (χ2n) is 4.72. The number of pyridine rings is 1. The average Bonchev–Trinajstić information content (AvgIpc) is 2.53. The minimum Gasteiger partial charge on any atom is -0.478 e. The number of hydrogen-bond acceptors (Lipinski definition) is 3. The summed E-state index contributed by atoms with van der Waals surface area (Å²) in [6.07, 6.45) is 1.93. The van der Waals surface area contributed by atoms with E-state index in [1.807, 2.05) is 18.4 Å². The van der Waals surface area contributed by atoms with Gasteiger partial charge in [-0.1, -0.05) is 18.2 Å². The van der Waals surface area contributed by atoms with Crippen LogP contribution in [0.1, 0.15) is 10.4 Å². The lowest BCUT2D eigenvalue weighted by Gasteiger charge is -2.09. The molecule has 0 radical (unpaired) electrons. The second kappa shape index (κ2) is 5.77. The van der Waals surface area contributed by atoms with Crippen molar-refractivity contribution in [1.82, 2.24) is 4.98 Å². The van der Waals surface area contributed by atoms with Crippen molar-refractivity contribution in [3.8, 4) is 11.3 Å². The highest BCUT2D eigenvalue weighted by Crippen LogP contribution is 2.29. The number of hydrogen-bond donors (Lipinski definition) is 1. The zero-order valence-corrected chi connectivity index (χ0v) is 12.5. The van der Waals surface area contributed by atoms with Crippen molar-refractivity contribution < 1.29 is 14.3 Å². The first-order valence-electron chi connectivity index (χ1n) is 6.57. The van der Waals surface area contributed by atoms with Gasteiger partial charge >= 0.3 is 5.97 Å². The van der Waals surface area contributed by atoms with Crippen LogP contribution >= 0.6 is 11.8 Å². The Bertz CT molecular complexity index is 880. The summed E-state index contributed by atoms with van der Waals surface area (Å²) in [5.41, 5.74) is 1.28. The van der Waals surface area contributed by atoms with Crippen LogP contribution in [0.5, 0.6) is 0 Å². The van der Waals surface area contributed by atoms with Gasteiger partial charge < -0.3 is 5.11 Å². The predicted octanol–water partition coefficient (Wildman–Crippen LogP) is 4.46. The Balaban J connectivity index is 2.32. The Morgan fingerprint density at radius 2 is 1.95 bits per heavy atom. The number of thioether (sulfide) groups is 1. The van der Waals surface area contributed by atoms with E-state index in [4.69, 9.17) is 0 Å². The van der Waals surface area contributed by atoms with E-state index in [0.29, 0.717) is 22.2 Å². The molecule has 3 aromatic rings. The second-order valence-corrected chi connectivity index (χ2v) is 5.60. The van der Waals surface area contributed by atoms with Crippen LogP contribution in [-0.4, -0.2) is 22.3 Å². The van der Waals surface area contributed by atoms with Crippen molar-refractivity contribution >= 4 is 28.6 Å². The molecule has 0 atom stereocenters. The minimum atomic E-state index is -1.05. The standard InChI is InChI=1S/C17H12FNO2S/c1-22-10-6-7-11-13(17(20)21)9-16(19-15(11)8-10)12-4-2-3-5-14(12)18/h2-9H,1H3,(H,20,21). The van der Waals surface area contributed by atoms with Gasteiger partial charge in [0.1, 0.15) is 5.82 Å². The molecule has 0 fully saturated rings. The van der Waals surface area contributed by atoms with Crippen molar-refractivity contribution in [2.45, 2.75) is 4.90 Å². The fourth-order valence-electron chi connectivity index (χ4n) is 2.32. The third-order valence-corrected chi connectivity index (χ3v) is 4.12. The van der Waals surface area contributed by atoms with E-state index < -0.39 is 11.8 Å². The topological polar surface area (TPSA) is 50.2 Å². The van der Waals surface area contributed by atoms with Gasteiger partial charge in [0.2, 0.25) is 0 Å². The van der Waals surface area contributed by atoms with Gasteiger partial charge in [-0.15, -0.1) is 11.8 Å². The summed E-state index contributed by atoms with van der Waals surface area (Å²) in [5, 5.41) is 9.97. The number of aromatic nitrogens is 1. The van der Waals surface area contributed by atoms with E-state index in [2.05, 4.69) is 4.98 Å². The molecule has 0 spiro atoms. The maximum atomic E-state index is 14.0. The molecule has 0 saturated carbocycles. The SMILES string of the molecule is CSc1ccc2c(C(=O)O)cc(-c3ccccc3F)nc2c1. The molecule has 0 unspecified atom stereocenters. The van der Waals surface area contributed by atoms with Crippen molar-refractivity contribution in [3.63, 3.8) is 0 Å². The van der Waals surface area contributed by atoms with Crippen molar-refractivity contribution in [2.24, 2.45) is 0 Å². The van der Waals surface area contributed by atoms with Crippen LogP contribution in [-0.2, 0) is 0 Å². The van der Waals surface area contributed by atoms with Gasteiger partial charge in [0, 0.05) is 15.8 Å². The quantitative estimate of drug-likeness (QED) is 0.725. The summed E-state index contributed by atoms with van der Waals surface area (Å²) in [5.74, 6) is -1.48. The third kappa shape index (κ3) is 2.55. The van der Waals surface area contributed by atoms with Crippen molar-refractivity contribution in [1.29, 1.82) is 0 Å². The smallest absolute Gasteiger partial charge is 0.336 e. The molecule has 1 heterocycles. The van der Waals surface area contributed by atoms with Gasteiger partial charge in [-0.05, 0) is 36.6 Å². The van der Waals surface area contributed by atoms with Crippen LogP contribution in [0, 0.1) is 5.82 Å². The number of aromatic carboxylic acids is 1. The van der Waals surface area contributed by atoms with E-state index in [-0.39, 0.29) is 5.56 Å². The first-order valence-corrected chi connectivity index (χ1v) is 7.79. The third-order valence-electron chi connectivity index (χ3n) is 3.40. The van der Waals surface area contributed by atoms with Crippen LogP contribution in [0.2, 0.25) is 0 Å². The average molecular weight is 313 g/mol. The number of fused-ring (bicyclic) bond motifs is 1. The van der Waals surface area contributed by atoms with E-state index in [1.165, 1.54) is 12.1 Å². The number of benzene rings is 2. The molecule has 1 N–H and O–H groups in total. The first kappa shape index (κ1) is 14.5. The number of carboxylic acids is 1. The Hall–Kier alpha value is -2.40. The van der Waals surface area contributed by atoms with Crippen LogP contribution in [0.4, 0.5) is 4.39 Å². The van der Waals surface area contributed by atoms with Gasteiger partial charge in [-0.3, -0.25) is 0 Å². The van der Waals surface area contributed by atoms with Gasteiger partial charge in [-0.2, -0.15) is 0 Å². The fourth-order valence-corrected chi connectivity index (χ4v) is 2.75. The minimum absolute atomic E-state index is 0.121. The zero-order chi connectivity index (χ0) is 15.7. The maximum Gasteiger partial charge on any atom is 0.336 e. The number of nitrogens with zero attached hydrogens (tertiary/aromatic N) is 1. The molecule has 0 amide bonds. The number of carbonyl (C=O) groups is 1. The predicted molar refractivity (Wildman–Crippen MR) is 85.9 cm³/mol. The molecule has 3 nitrogen and oxygen atoms in total. The largest absolute Gasteiger partial charge is 0.478 e. The molecule has 110 valence electrons. The van der Waals surface area contributed by atoms with Gasteiger partial charge in [-0.25, -0.2) is 14.2 Å². The molecular weight excluding hydrogens is 301 g/mol. The lowest BCUT2D eigenvalue weighted by Crippen LogP contribution is -2.01. The molecule has 5 heteroatoms. The van der Waals surface area contributed by atoms with Gasteiger partial charge in [0.25, 0.3) is 0 Å². The number of carboxylic acid groups (broad SMARTS) is 1. The van der Waals surface area contributed by atoms with E-state index in [0.717, 1.165) is 4.90 Å². The molecule has 0 aliphatic rings. The molecule has 0 aliphatic heterocycles. The summed E-state index contributed by atoms with van der Waals surface area (Å²) in [6, 6.07) is 13.0.